The molecule has 2 N–H and O–H groups in total. The predicted octanol–water partition coefficient (Wildman–Crippen LogP) is 4.12. The molecular weight excluding hydrogens is 389 g/mol. The van der Waals surface area contributed by atoms with Gasteiger partial charge in [-0.15, -0.1) is 0 Å². The molecular formula is C26H34FN3O. The molecule has 0 saturated carbocycles. The summed E-state index contributed by atoms with van der Waals surface area (Å²) in [5, 5.41) is 0. The summed E-state index contributed by atoms with van der Waals surface area (Å²) in [5.74, 6) is -0.459. The number of piperidine rings is 1. The minimum atomic E-state index is -0.242. The number of carbonyl (C=O) groups excluding carboxylic acids is 1. The first kappa shape index (κ1) is 21.8. The summed E-state index contributed by atoms with van der Waals surface area (Å²) in [5.41, 5.74) is 10.6. The molecule has 5 heteroatoms. The van der Waals surface area contributed by atoms with Crippen LogP contribution in [0.15, 0.2) is 42.5 Å². The maximum atomic E-state index is 13.1. The molecule has 2 aliphatic rings. The highest BCUT2D eigenvalue weighted by Gasteiger charge is 2.31. The number of nitrogens with zero attached hydrogens (tertiary/aromatic N) is 2. The lowest BCUT2D eigenvalue weighted by molar-refractivity contribution is -0.120. The standard InChI is InChI=1S/C26H34FN3O/c1-18(2)25(26(28)31)21-6-5-20-10-16-30(24(20)17-21)23-11-14-29(15-12-23)13-9-19-3-7-22(27)8-4-19/h3-8,17-18,23,25H,9-16H2,1-2H3,(H2,28,31). The molecule has 166 valence electrons. The minimum Gasteiger partial charge on any atom is -0.369 e. The van der Waals surface area contributed by atoms with Gasteiger partial charge in [-0.2, -0.15) is 0 Å². The van der Waals surface area contributed by atoms with Gasteiger partial charge in [0.1, 0.15) is 5.82 Å². The van der Waals surface area contributed by atoms with Gasteiger partial charge in [0.05, 0.1) is 5.92 Å². The third kappa shape index (κ3) is 4.93. The van der Waals surface area contributed by atoms with Crippen LogP contribution in [0.5, 0.6) is 0 Å². The lowest BCUT2D eigenvalue weighted by atomic mass is 9.87. The van der Waals surface area contributed by atoms with Gasteiger partial charge in [-0.1, -0.05) is 38.1 Å². The van der Waals surface area contributed by atoms with E-state index in [0.29, 0.717) is 6.04 Å². The normalized spacial score (nSPS) is 18.4. The Balaban J connectivity index is 1.37. The van der Waals surface area contributed by atoms with E-state index in [1.807, 2.05) is 12.1 Å². The fourth-order valence-corrected chi connectivity index (χ4v) is 5.26. The summed E-state index contributed by atoms with van der Waals surface area (Å²) in [4.78, 5) is 17.1. The first-order valence-electron chi connectivity index (χ1n) is 11.6. The van der Waals surface area contributed by atoms with Crippen molar-refractivity contribution in [3.63, 3.8) is 0 Å². The van der Waals surface area contributed by atoms with Crippen LogP contribution in [0.1, 0.15) is 49.3 Å². The van der Waals surface area contributed by atoms with Gasteiger partial charge < -0.3 is 15.5 Å². The second-order valence-electron chi connectivity index (χ2n) is 9.40. The second-order valence-corrected chi connectivity index (χ2v) is 9.40. The van der Waals surface area contributed by atoms with Crippen molar-refractivity contribution < 1.29 is 9.18 Å². The Morgan fingerprint density at radius 2 is 1.81 bits per heavy atom. The molecule has 0 radical (unpaired) electrons. The van der Waals surface area contributed by atoms with Gasteiger partial charge in [-0.25, -0.2) is 4.39 Å². The molecule has 31 heavy (non-hydrogen) atoms. The van der Waals surface area contributed by atoms with Crippen molar-refractivity contribution >= 4 is 11.6 Å². The van der Waals surface area contributed by atoms with Gasteiger partial charge in [0.25, 0.3) is 0 Å². The highest BCUT2D eigenvalue weighted by Crippen LogP contribution is 2.36. The smallest absolute Gasteiger partial charge is 0.225 e. The van der Waals surface area contributed by atoms with Crippen molar-refractivity contribution in [2.45, 2.75) is 51.5 Å². The van der Waals surface area contributed by atoms with Crippen LogP contribution in [0.25, 0.3) is 0 Å². The van der Waals surface area contributed by atoms with Crippen molar-refractivity contribution in [1.82, 2.24) is 4.90 Å². The number of fused-ring (bicyclic) bond motifs is 1. The zero-order valence-corrected chi connectivity index (χ0v) is 18.7. The molecule has 0 aliphatic carbocycles. The molecule has 4 nitrogen and oxygen atoms in total. The van der Waals surface area contributed by atoms with Gasteiger partial charge >= 0.3 is 0 Å². The fourth-order valence-electron chi connectivity index (χ4n) is 5.26. The van der Waals surface area contributed by atoms with Crippen LogP contribution < -0.4 is 10.6 Å². The van der Waals surface area contributed by atoms with Gasteiger partial charge in [-0.05, 0) is 66.5 Å². The molecule has 4 rings (SSSR count). The summed E-state index contributed by atoms with van der Waals surface area (Å²) in [6, 6.07) is 13.9. The summed E-state index contributed by atoms with van der Waals surface area (Å²) in [6.07, 6.45) is 4.33. The molecule has 0 spiro atoms. The van der Waals surface area contributed by atoms with Gasteiger partial charge in [-0.3, -0.25) is 4.79 Å². The Bertz CT molecular complexity index is 903. The largest absolute Gasteiger partial charge is 0.369 e. The van der Waals surface area contributed by atoms with E-state index in [4.69, 9.17) is 5.73 Å². The second kappa shape index (κ2) is 9.39. The Morgan fingerprint density at radius 3 is 2.45 bits per heavy atom. The van der Waals surface area contributed by atoms with E-state index in [9.17, 15) is 9.18 Å². The topological polar surface area (TPSA) is 49.6 Å². The van der Waals surface area contributed by atoms with Crippen molar-refractivity contribution in [2.24, 2.45) is 11.7 Å². The first-order chi connectivity index (χ1) is 14.9. The molecule has 0 bridgehead atoms. The average molecular weight is 424 g/mol. The number of rotatable bonds is 7. The third-order valence-corrected chi connectivity index (χ3v) is 7.00. The fraction of sp³-hybridized carbons (Fsp3) is 0.500. The quantitative estimate of drug-likeness (QED) is 0.729. The van der Waals surface area contributed by atoms with Crippen molar-refractivity contribution in [1.29, 1.82) is 0 Å². The number of hydrogen-bond donors (Lipinski definition) is 1. The Kier molecular flexibility index (Phi) is 6.61. The Morgan fingerprint density at radius 1 is 1.10 bits per heavy atom. The number of halogens is 1. The zero-order chi connectivity index (χ0) is 22.0. The highest BCUT2D eigenvalue weighted by molar-refractivity contribution is 5.83. The van der Waals surface area contributed by atoms with E-state index < -0.39 is 0 Å². The maximum Gasteiger partial charge on any atom is 0.225 e. The summed E-state index contributed by atoms with van der Waals surface area (Å²) in [7, 11) is 0. The number of benzene rings is 2. The number of hydrogen-bond acceptors (Lipinski definition) is 3. The van der Waals surface area contributed by atoms with Crippen LogP contribution in [0.3, 0.4) is 0 Å². The predicted molar refractivity (Wildman–Crippen MR) is 124 cm³/mol. The number of primary amides is 1. The number of anilines is 1. The molecule has 2 aromatic rings. The summed E-state index contributed by atoms with van der Waals surface area (Å²) in [6.45, 7) is 8.38. The monoisotopic (exact) mass is 423 g/mol. The van der Waals surface area contributed by atoms with E-state index in [1.165, 1.54) is 16.8 Å². The van der Waals surface area contributed by atoms with Gasteiger partial charge in [0.2, 0.25) is 5.91 Å². The van der Waals surface area contributed by atoms with Crippen molar-refractivity contribution in [2.75, 3.05) is 31.1 Å². The van der Waals surface area contributed by atoms with Crippen LogP contribution in [0, 0.1) is 11.7 Å². The van der Waals surface area contributed by atoms with Crippen molar-refractivity contribution in [3.8, 4) is 0 Å². The van der Waals surface area contributed by atoms with E-state index in [-0.39, 0.29) is 23.6 Å². The number of carbonyl (C=O) groups is 1. The number of likely N-dealkylation sites (tertiary alicyclic amines) is 1. The SMILES string of the molecule is CC(C)C(C(N)=O)c1ccc2c(c1)N(C1CCN(CCc3ccc(F)cc3)CC1)CC2. The van der Waals surface area contributed by atoms with E-state index in [1.54, 1.807) is 12.1 Å². The molecule has 1 saturated heterocycles. The lowest BCUT2D eigenvalue weighted by Gasteiger charge is -2.38. The van der Waals surface area contributed by atoms with Crippen LogP contribution in [-0.4, -0.2) is 43.0 Å². The van der Waals surface area contributed by atoms with E-state index in [2.05, 4.69) is 41.8 Å². The van der Waals surface area contributed by atoms with Crippen LogP contribution in [-0.2, 0) is 17.6 Å². The molecule has 2 aliphatic heterocycles. The summed E-state index contributed by atoms with van der Waals surface area (Å²) >= 11 is 0. The molecule has 2 aromatic carbocycles. The lowest BCUT2D eigenvalue weighted by Crippen LogP contribution is -2.45. The molecule has 1 fully saturated rings. The van der Waals surface area contributed by atoms with E-state index >= 15 is 0 Å². The van der Waals surface area contributed by atoms with Crippen molar-refractivity contribution in [3.05, 3.63) is 65.0 Å². The average Bonchev–Trinajstić information content (AvgIpc) is 3.16. The van der Waals surface area contributed by atoms with Crippen LogP contribution in [0.4, 0.5) is 10.1 Å². The molecule has 1 amide bonds. The Hall–Kier alpha value is -2.40. The van der Waals surface area contributed by atoms with Gasteiger partial charge in [0.15, 0.2) is 0 Å². The van der Waals surface area contributed by atoms with E-state index in [0.717, 1.165) is 57.4 Å². The maximum absolute atomic E-state index is 13.1. The van der Waals surface area contributed by atoms with Crippen LogP contribution >= 0.6 is 0 Å². The third-order valence-electron chi connectivity index (χ3n) is 7.00. The molecule has 1 atom stereocenters. The Labute approximate surface area is 185 Å². The van der Waals surface area contributed by atoms with Gasteiger partial charge in [0, 0.05) is 37.9 Å². The van der Waals surface area contributed by atoms with Crippen LogP contribution in [0.2, 0.25) is 0 Å². The summed E-state index contributed by atoms with van der Waals surface area (Å²) < 4.78 is 13.1. The molecule has 0 aromatic heterocycles. The molecule has 1 unspecified atom stereocenters. The first-order valence-corrected chi connectivity index (χ1v) is 11.6. The minimum absolute atomic E-state index is 0.172. The number of nitrogens with two attached hydrogens (primary N) is 1. The number of amides is 1. The highest BCUT2D eigenvalue weighted by atomic mass is 19.1. The zero-order valence-electron chi connectivity index (χ0n) is 18.7. The molecule has 2 heterocycles.